The number of hydrogen-bond donors (Lipinski definition) is 1. The van der Waals surface area contributed by atoms with E-state index in [4.69, 9.17) is 0 Å². The molecule has 1 atom stereocenters. The van der Waals surface area contributed by atoms with Gasteiger partial charge in [-0.2, -0.15) is 10.2 Å². The van der Waals surface area contributed by atoms with Crippen LogP contribution in [0, 0.1) is 0 Å². The van der Waals surface area contributed by atoms with E-state index in [1.165, 1.54) is 11.3 Å². The highest BCUT2D eigenvalue weighted by Crippen LogP contribution is 2.12. The van der Waals surface area contributed by atoms with Crippen LogP contribution in [0.25, 0.3) is 0 Å². The van der Waals surface area contributed by atoms with Gasteiger partial charge < -0.3 is 5.32 Å². The molecule has 98 valence electrons. The maximum Gasteiger partial charge on any atom is 0.0550 e. The van der Waals surface area contributed by atoms with Gasteiger partial charge in [-0.15, -0.1) is 0 Å². The van der Waals surface area contributed by atoms with E-state index in [1.54, 1.807) is 0 Å². The summed E-state index contributed by atoms with van der Waals surface area (Å²) in [6.07, 6.45) is 5.85. The number of nitrogens with one attached hydrogen (secondary N) is 1. The Balaban J connectivity index is 1.93. The Morgan fingerprint density at radius 3 is 2.78 bits per heavy atom. The number of nitrogens with zero attached hydrogens (tertiary/aromatic N) is 4. The average molecular weight is 247 g/mol. The zero-order valence-corrected chi connectivity index (χ0v) is 11.3. The van der Waals surface area contributed by atoms with Crippen LogP contribution in [-0.4, -0.2) is 19.6 Å². The van der Waals surface area contributed by atoms with Gasteiger partial charge in [-0.25, -0.2) is 0 Å². The Morgan fingerprint density at radius 1 is 1.28 bits per heavy atom. The maximum absolute atomic E-state index is 4.29. The van der Waals surface area contributed by atoms with Crippen molar-refractivity contribution in [1.82, 2.24) is 24.9 Å². The quantitative estimate of drug-likeness (QED) is 0.849. The van der Waals surface area contributed by atoms with E-state index in [0.717, 1.165) is 19.6 Å². The second-order valence-corrected chi connectivity index (χ2v) is 4.38. The molecule has 0 aliphatic carbocycles. The molecule has 0 saturated heterocycles. The zero-order valence-electron chi connectivity index (χ0n) is 11.3. The predicted molar refractivity (Wildman–Crippen MR) is 71.1 cm³/mol. The molecule has 0 aromatic carbocycles. The van der Waals surface area contributed by atoms with E-state index >= 15 is 0 Å². The third kappa shape index (κ3) is 2.79. The minimum atomic E-state index is 0.289. The average Bonchev–Trinajstić information content (AvgIpc) is 3.04. The smallest absolute Gasteiger partial charge is 0.0550 e. The van der Waals surface area contributed by atoms with E-state index in [1.807, 2.05) is 21.8 Å². The first-order valence-corrected chi connectivity index (χ1v) is 6.51. The lowest BCUT2D eigenvalue weighted by Gasteiger charge is -2.14. The number of aromatic nitrogens is 4. The second-order valence-electron chi connectivity index (χ2n) is 4.38. The van der Waals surface area contributed by atoms with Gasteiger partial charge >= 0.3 is 0 Å². The standard InChI is InChI=1S/C13H21N5/c1-4-17-10-12(9-16-17)8-14-11(3)13-6-7-15-18(13)5-2/h6-7,9-11,14H,4-5,8H2,1-3H3. The van der Waals surface area contributed by atoms with Crippen LogP contribution in [0.4, 0.5) is 0 Å². The van der Waals surface area contributed by atoms with Crippen LogP contribution in [0.2, 0.25) is 0 Å². The lowest BCUT2D eigenvalue weighted by atomic mass is 10.2. The van der Waals surface area contributed by atoms with Crippen molar-refractivity contribution in [3.8, 4) is 0 Å². The lowest BCUT2D eigenvalue weighted by Crippen LogP contribution is -2.21. The van der Waals surface area contributed by atoms with Crippen LogP contribution < -0.4 is 5.32 Å². The van der Waals surface area contributed by atoms with E-state index < -0.39 is 0 Å². The van der Waals surface area contributed by atoms with Gasteiger partial charge in [0.15, 0.2) is 0 Å². The Kier molecular flexibility index (Phi) is 4.15. The third-order valence-corrected chi connectivity index (χ3v) is 3.12. The van der Waals surface area contributed by atoms with Crippen molar-refractivity contribution in [3.05, 3.63) is 35.9 Å². The molecule has 18 heavy (non-hydrogen) atoms. The van der Waals surface area contributed by atoms with E-state index in [-0.39, 0.29) is 6.04 Å². The molecule has 5 heteroatoms. The van der Waals surface area contributed by atoms with E-state index in [9.17, 15) is 0 Å². The van der Waals surface area contributed by atoms with Gasteiger partial charge in [0, 0.05) is 43.6 Å². The molecule has 2 heterocycles. The van der Waals surface area contributed by atoms with Crippen LogP contribution in [-0.2, 0) is 19.6 Å². The molecule has 1 unspecified atom stereocenters. The molecule has 0 amide bonds. The minimum Gasteiger partial charge on any atom is -0.305 e. The van der Waals surface area contributed by atoms with Crippen molar-refractivity contribution in [3.63, 3.8) is 0 Å². The SMILES string of the molecule is CCn1cc(CNC(C)c2ccnn2CC)cn1. The first kappa shape index (κ1) is 12.8. The number of hydrogen-bond acceptors (Lipinski definition) is 3. The van der Waals surface area contributed by atoms with Crippen LogP contribution in [0.3, 0.4) is 0 Å². The van der Waals surface area contributed by atoms with Crippen molar-refractivity contribution < 1.29 is 0 Å². The lowest BCUT2D eigenvalue weighted by molar-refractivity contribution is 0.509. The van der Waals surface area contributed by atoms with Crippen LogP contribution in [0.5, 0.6) is 0 Å². The molecule has 0 spiro atoms. The Bertz CT molecular complexity index is 485. The number of aryl methyl sites for hydroxylation is 2. The largest absolute Gasteiger partial charge is 0.305 e. The highest BCUT2D eigenvalue weighted by Gasteiger charge is 2.10. The number of rotatable bonds is 6. The molecule has 1 N–H and O–H groups in total. The fourth-order valence-corrected chi connectivity index (χ4v) is 2.02. The van der Waals surface area contributed by atoms with Gasteiger partial charge in [-0.1, -0.05) is 0 Å². The molecule has 2 aromatic heterocycles. The summed E-state index contributed by atoms with van der Waals surface area (Å²) in [6, 6.07) is 2.36. The summed E-state index contributed by atoms with van der Waals surface area (Å²) in [5, 5.41) is 12.1. The zero-order chi connectivity index (χ0) is 13.0. The third-order valence-electron chi connectivity index (χ3n) is 3.12. The van der Waals surface area contributed by atoms with E-state index in [2.05, 4.69) is 48.5 Å². The highest BCUT2D eigenvalue weighted by molar-refractivity contribution is 5.08. The van der Waals surface area contributed by atoms with Crippen molar-refractivity contribution in [2.75, 3.05) is 0 Å². The van der Waals surface area contributed by atoms with Crippen molar-refractivity contribution >= 4 is 0 Å². The summed E-state index contributed by atoms with van der Waals surface area (Å²) in [5.41, 5.74) is 2.44. The minimum absolute atomic E-state index is 0.289. The molecule has 5 nitrogen and oxygen atoms in total. The molecule has 0 fully saturated rings. The van der Waals surface area contributed by atoms with Crippen molar-refractivity contribution in [1.29, 1.82) is 0 Å². The highest BCUT2D eigenvalue weighted by atomic mass is 15.3. The van der Waals surface area contributed by atoms with Crippen molar-refractivity contribution in [2.24, 2.45) is 0 Å². The summed E-state index contributed by atoms with van der Waals surface area (Å²) in [7, 11) is 0. The van der Waals surface area contributed by atoms with Gasteiger partial charge in [-0.05, 0) is 26.8 Å². The first-order chi connectivity index (χ1) is 8.74. The Hall–Kier alpha value is -1.62. The predicted octanol–water partition coefficient (Wildman–Crippen LogP) is 1.97. The molecular formula is C13H21N5. The maximum atomic E-state index is 4.29. The summed E-state index contributed by atoms with van der Waals surface area (Å²) in [4.78, 5) is 0. The van der Waals surface area contributed by atoms with Crippen molar-refractivity contribution in [2.45, 2.75) is 46.4 Å². The summed E-state index contributed by atoms with van der Waals surface area (Å²) < 4.78 is 3.96. The van der Waals surface area contributed by atoms with Gasteiger partial charge in [0.25, 0.3) is 0 Å². The van der Waals surface area contributed by atoms with Gasteiger partial charge in [-0.3, -0.25) is 9.36 Å². The molecule has 0 aliphatic rings. The fraction of sp³-hybridized carbons (Fsp3) is 0.538. The summed E-state index contributed by atoms with van der Waals surface area (Å²) in [5.74, 6) is 0. The molecular weight excluding hydrogens is 226 g/mol. The van der Waals surface area contributed by atoms with Crippen LogP contribution in [0.1, 0.15) is 38.1 Å². The summed E-state index contributed by atoms with van der Waals surface area (Å²) >= 11 is 0. The van der Waals surface area contributed by atoms with Gasteiger partial charge in [0.1, 0.15) is 0 Å². The molecule has 0 aliphatic heterocycles. The van der Waals surface area contributed by atoms with E-state index in [0.29, 0.717) is 0 Å². The van der Waals surface area contributed by atoms with Gasteiger partial charge in [0.05, 0.1) is 11.9 Å². The Labute approximate surface area is 108 Å². The Morgan fingerprint density at radius 2 is 2.11 bits per heavy atom. The topological polar surface area (TPSA) is 47.7 Å². The monoisotopic (exact) mass is 247 g/mol. The summed E-state index contributed by atoms with van der Waals surface area (Å²) in [6.45, 7) is 9.00. The normalized spacial score (nSPS) is 12.8. The molecule has 0 saturated carbocycles. The van der Waals surface area contributed by atoms with Crippen LogP contribution in [0.15, 0.2) is 24.7 Å². The molecule has 0 radical (unpaired) electrons. The molecule has 2 rings (SSSR count). The second kappa shape index (κ2) is 5.82. The fourth-order valence-electron chi connectivity index (χ4n) is 2.02. The molecule has 2 aromatic rings. The molecule has 0 bridgehead atoms. The van der Waals surface area contributed by atoms with Crippen LogP contribution >= 0.6 is 0 Å². The van der Waals surface area contributed by atoms with Gasteiger partial charge in [0.2, 0.25) is 0 Å². The first-order valence-electron chi connectivity index (χ1n) is 6.51.